The number of nitrogens with one attached hydrogen (secondary N) is 1. The molecule has 2 aromatic carbocycles. The third kappa shape index (κ3) is 4.85. The molecule has 2 aromatic heterocycles. The minimum atomic E-state index is -0.512. The van der Waals surface area contributed by atoms with Crippen molar-refractivity contribution >= 4 is 45.8 Å². The summed E-state index contributed by atoms with van der Waals surface area (Å²) in [6.45, 7) is 12.8. The fraction of sp³-hybridized carbons (Fsp3) is 0.192. The van der Waals surface area contributed by atoms with E-state index in [9.17, 15) is 9.59 Å². The van der Waals surface area contributed by atoms with Crippen LogP contribution in [0.15, 0.2) is 59.5 Å². The number of anilines is 2. The van der Waals surface area contributed by atoms with E-state index in [1.807, 2.05) is 13.0 Å². The van der Waals surface area contributed by atoms with Crippen LogP contribution >= 0.6 is 11.6 Å². The molecule has 2 heterocycles. The second-order valence-corrected chi connectivity index (χ2v) is 8.77. The summed E-state index contributed by atoms with van der Waals surface area (Å²) in [6.07, 6.45) is 1.04. The first-order valence-electron chi connectivity index (χ1n) is 11.1. The molecule has 10 heteroatoms. The van der Waals surface area contributed by atoms with Gasteiger partial charge in [0.05, 0.1) is 34.7 Å². The van der Waals surface area contributed by atoms with Crippen molar-refractivity contribution in [2.75, 3.05) is 11.1 Å². The molecule has 0 bridgehead atoms. The van der Waals surface area contributed by atoms with Crippen LogP contribution in [0, 0.1) is 6.57 Å². The van der Waals surface area contributed by atoms with Crippen molar-refractivity contribution in [3.05, 3.63) is 92.8 Å². The zero-order valence-electron chi connectivity index (χ0n) is 19.8. The van der Waals surface area contributed by atoms with Crippen molar-refractivity contribution in [1.82, 2.24) is 14.5 Å². The van der Waals surface area contributed by atoms with E-state index in [-0.39, 0.29) is 29.1 Å². The van der Waals surface area contributed by atoms with Crippen molar-refractivity contribution in [3.8, 4) is 5.69 Å². The van der Waals surface area contributed by atoms with Gasteiger partial charge in [0.25, 0.3) is 5.56 Å². The van der Waals surface area contributed by atoms with Crippen molar-refractivity contribution in [1.29, 1.82) is 0 Å². The van der Waals surface area contributed by atoms with Crippen LogP contribution in [0.3, 0.4) is 0 Å². The highest BCUT2D eigenvalue weighted by Crippen LogP contribution is 2.30. The Kier molecular flexibility index (Phi) is 6.90. The molecule has 0 aliphatic rings. The Labute approximate surface area is 212 Å². The predicted molar refractivity (Wildman–Crippen MR) is 140 cm³/mol. The lowest BCUT2D eigenvalue weighted by Crippen LogP contribution is -2.26. The fourth-order valence-corrected chi connectivity index (χ4v) is 4.10. The summed E-state index contributed by atoms with van der Waals surface area (Å²) in [5.41, 5.74) is 6.87. The monoisotopic (exact) mass is 502 g/mol. The molecule has 0 amide bonds. The number of carbonyl (C=O) groups excluding carboxylic acids is 1. The van der Waals surface area contributed by atoms with Gasteiger partial charge in [-0.1, -0.05) is 29.8 Å². The third-order valence-electron chi connectivity index (χ3n) is 5.41. The highest BCUT2D eigenvalue weighted by Gasteiger charge is 2.20. The zero-order valence-corrected chi connectivity index (χ0v) is 20.6. The van der Waals surface area contributed by atoms with E-state index in [2.05, 4.69) is 20.1 Å². The van der Waals surface area contributed by atoms with E-state index < -0.39 is 12.0 Å². The van der Waals surface area contributed by atoms with E-state index in [0.29, 0.717) is 32.7 Å². The van der Waals surface area contributed by atoms with Crippen LogP contribution in [0.2, 0.25) is 5.02 Å². The fourth-order valence-electron chi connectivity index (χ4n) is 3.83. The second-order valence-electron chi connectivity index (χ2n) is 8.36. The molecule has 182 valence electrons. The molecule has 0 saturated carbocycles. The number of rotatable bonds is 6. The summed E-state index contributed by atoms with van der Waals surface area (Å²) in [4.78, 5) is 37.8. The number of nitrogens with two attached hydrogens (primary N) is 1. The van der Waals surface area contributed by atoms with Crippen molar-refractivity contribution in [2.45, 2.75) is 32.9 Å². The molecule has 0 radical (unpaired) electrons. The Morgan fingerprint density at radius 2 is 1.94 bits per heavy atom. The number of fused-ring (bicyclic) bond motifs is 1. The topological polar surface area (TPSA) is 116 Å². The van der Waals surface area contributed by atoms with E-state index in [0.717, 1.165) is 0 Å². The van der Waals surface area contributed by atoms with Gasteiger partial charge >= 0.3 is 5.97 Å². The summed E-state index contributed by atoms with van der Waals surface area (Å²) in [6, 6.07) is 13.2. The number of hydrogen-bond donors (Lipinski definition) is 2. The number of ether oxygens (including phenoxy) is 1. The maximum Gasteiger partial charge on any atom is 0.338 e. The smallest absolute Gasteiger partial charge is 0.338 e. The minimum Gasteiger partial charge on any atom is -0.459 e. The lowest BCUT2D eigenvalue weighted by atomic mass is 10.1. The number of aromatic nitrogens is 3. The van der Waals surface area contributed by atoms with Gasteiger partial charge in [-0.3, -0.25) is 9.36 Å². The van der Waals surface area contributed by atoms with Gasteiger partial charge in [0.2, 0.25) is 11.6 Å². The number of hydrogen-bond acceptors (Lipinski definition) is 7. The summed E-state index contributed by atoms with van der Waals surface area (Å²) in [5.74, 6) is -0.245. The number of carbonyl (C=O) groups is 1. The largest absolute Gasteiger partial charge is 0.459 e. The van der Waals surface area contributed by atoms with E-state index in [1.54, 1.807) is 56.3 Å². The van der Waals surface area contributed by atoms with Gasteiger partial charge in [-0.05, 0) is 56.5 Å². The molecule has 3 N–H and O–H groups in total. The maximum absolute atomic E-state index is 13.8. The number of pyridine rings is 1. The van der Waals surface area contributed by atoms with E-state index in [4.69, 9.17) is 28.6 Å². The molecule has 0 aliphatic carbocycles. The predicted octanol–water partition coefficient (Wildman–Crippen LogP) is 5.31. The van der Waals surface area contributed by atoms with Crippen LogP contribution in [0.5, 0.6) is 0 Å². The van der Waals surface area contributed by atoms with Crippen LogP contribution in [0.4, 0.5) is 17.5 Å². The first-order chi connectivity index (χ1) is 17.2. The summed E-state index contributed by atoms with van der Waals surface area (Å²) >= 11 is 6.41. The summed E-state index contributed by atoms with van der Waals surface area (Å²) < 4.78 is 6.81. The number of nitrogens with zero attached hydrogens (tertiary/aromatic N) is 4. The van der Waals surface area contributed by atoms with Gasteiger partial charge in [-0.15, -0.1) is 0 Å². The van der Waals surface area contributed by atoms with E-state index >= 15 is 0 Å². The summed E-state index contributed by atoms with van der Waals surface area (Å²) in [7, 11) is 0. The Balaban J connectivity index is 1.91. The van der Waals surface area contributed by atoms with Crippen LogP contribution in [0.25, 0.3) is 21.3 Å². The first-order valence-corrected chi connectivity index (χ1v) is 11.5. The Morgan fingerprint density at radius 1 is 1.19 bits per heavy atom. The molecule has 1 atom stereocenters. The van der Waals surface area contributed by atoms with Crippen molar-refractivity contribution in [3.63, 3.8) is 0 Å². The molecule has 4 aromatic rings. The molecule has 0 saturated heterocycles. The van der Waals surface area contributed by atoms with Crippen LogP contribution in [-0.2, 0) is 4.74 Å². The average Bonchev–Trinajstić information content (AvgIpc) is 2.83. The van der Waals surface area contributed by atoms with Gasteiger partial charge in [0.1, 0.15) is 5.82 Å². The van der Waals surface area contributed by atoms with Crippen LogP contribution in [0.1, 0.15) is 42.9 Å². The summed E-state index contributed by atoms with van der Waals surface area (Å²) in [5, 5.41) is 4.48. The third-order valence-corrected chi connectivity index (χ3v) is 5.73. The number of benzene rings is 2. The molecule has 0 unspecified atom stereocenters. The molecule has 0 aliphatic heterocycles. The average molecular weight is 503 g/mol. The molecule has 0 spiro atoms. The quantitative estimate of drug-likeness (QED) is 0.271. The van der Waals surface area contributed by atoms with E-state index in [1.165, 1.54) is 10.8 Å². The zero-order chi connectivity index (χ0) is 26.0. The SMILES string of the molecule is [C-]#[N+]c1cnc(N)nc1N[C@@H](C)c1cc2cccc(Cl)c2c(=O)n1-c1cccc(C(=O)OC(C)C)c1. The Bertz CT molecular complexity index is 1570. The van der Waals surface area contributed by atoms with Crippen LogP contribution in [-0.4, -0.2) is 26.6 Å². The van der Waals surface area contributed by atoms with Gasteiger partial charge in [0.15, 0.2) is 0 Å². The van der Waals surface area contributed by atoms with Gasteiger partial charge in [0, 0.05) is 17.6 Å². The second kappa shape index (κ2) is 10.1. The molecule has 4 rings (SSSR count). The first kappa shape index (κ1) is 24.7. The minimum absolute atomic E-state index is 0.0103. The Morgan fingerprint density at radius 3 is 2.67 bits per heavy atom. The van der Waals surface area contributed by atoms with Crippen molar-refractivity contribution < 1.29 is 9.53 Å². The van der Waals surface area contributed by atoms with Gasteiger partial charge in [-0.25, -0.2) is 19.6 Å². The number of nitrogen functional groups attached to an aromatic ring is 1. The standard InChI is InChI=1S/C26H23ClN6O3/c1-14(2)36-25(35)17-8-5-9-18(11-17)33-21(12-16-7-6-10-19(27)22(16)24(33)34)15(3)31-23-20(29-4)13-30-26(28)32-23/h5-15H,1-3H3,(H3,28,30,31,32)/t15-/m0/s1. The maximum atomic E-state index is 13.8. The number of esters is 1. The van der Waals surface area contributed by atoms with Crippen molar-refractivity contribution in [2.24, 2.45) is 0 Å². The molecule has 36 heavy (non-hydrogen) atoms. The highest BCUT2D eigenvalue weighted by molar-refractivity contribution is 6.35. The normalized spacial score (nSPS) is 11.8. The highest BCUT2D eigenvalue weighted by atomic mass is 35.5. The van der Waals surface area contributed by atoms with Gasteiger partial charge < -0.3 is 15.8 Å². The molecule has 0 fully saturated rings. The lowest BCUT2D eigenvalue weighted by molar-refractivity contribution is 0.0378. The van der Waals surface area contributed by atoms with Crippen LogP contribution < -0.4 is 16.6 Å². The molecule has 9 nitrogen and oxygen atoms in total. The lowest BCUT2D eigenvalue weighted by Gasteiger charge is -2.22. The molecular weight excluding hydrogens is 480 g/mol. The molecular formula is C26H23ClN6O3. The Hall–Kier alpha value is -4.42. The number of halogens is 1. The van der Waals surface area contributed by atoms with Gasteiger partial charge in [-0.2, -0.15) is 0 Å².